The first-order valence-corrected chi connectivity index (χ1v) is 5.66. The molecule has 80 valence electrons. The van der Waals surface area contributed by atoms with E-state index in [1.165, 1.54) is 13.2 Å². The highest BCUT2D eigenvalue weighted by molar-refractivity contribution is 7.87. The molecule has 2 atom stereocenters. The zero-order chi connectivity index (χ0) is 10.8. The molecule has 0 aromatic carbocycles. The predicted molar refractivity (Wildman–Crippen MR) is 45.8 cm³/mol. The van der Waals surface area contributed by atoms with Crippen molar-refractivity contribution < 1.29 is 26.5 Å². The van der Waals surface area contributed by atoms with Crippen LogP contribution in [0.5, 0.6) is 5.75 Å². The van der Waals surface area contributed by atoms with Crippen molar-refractivity contribution >= 4 is 16.1 Å². The summed E-state index contributed by atoms with van der Waals surface area (Å²) in [6, 6.07) is 1.41. The zero-order valence-corrected chi connectivity index (χ0v) is 8.41. The quantitative estimate of drug-likeness (QED) is 0.510. The lowest BCUT2D eigenvalue weighted by Gasteiger charge is -2.10. The van der Waals surface area contributed by atoms with E-state index in [9.17, 15) is 13.2 Å². The van der Waals surface area contributed by atoms with Crippen LogP contribution in [0.3, 0.4) is 0 Å². The summed E-state index contributed by atoms with van der Waals surface area (Å²) in [5, 5.41) is -1.06. The van der Waals surface area contributed by atoms with Crippen LogP contribution in [0.15, 0.2) is 10.5 Å². The van der Waals surface area contributed by atoms with Gasteiger partial charge in [-0.05, 0) is 0 Å². The lowest BCUT2D eigenvalue weighted by molar-refractivity contribution is -0.142. The molecule has 0 aliphatic carbocycles. The molecule has 0 amide bonds. The molecule has 15 heavy (non-hydrogen) atoms. The van der Waals surface area contributed by atoms with Gasteiger partial charge in [0.05, 0.1) is 7.11 Å². The second-order valence-electron chi connectivity index (χ2n) is 3.37. The summed E-state index contributed by atoms with van der Waals surface area (Å²) in [6.45, 7) is 0. The Kier molecular flexibility index (Phi) is 1.38. The average molecular weight is 230 g/mol. The number of furan rings is 1. The standard InChI is InChI=1S/C8H6O6S/c1-12-8(9)5-3-2-4-6(13-3)7(5)15(10,11)14-4/h2,5,7H,1H3. The maximum Gasteiger partial charge on any atom is 0.321 e. The Morgan fingerprint density at radius 3 is 2.93 bits per heavy atom. The van der Waals surface area contributed by atoms with E-state index in [1.54, 1.807) is 0 Å². The first-order chi connectivity index (χ1) is 7.04. The van der Waals surface area contributed by atoms with Crippen molar-refractivity contribution in [1.82, 2.24) is 0 Å². The summed E-state index contributed by atoms with van der Waals surface area (Å²) in [7, 11) is -2.59. The van der Waals surface area contributed by atoms with Crippen LogP contribution >= 0.6 is 0 Å². The average Bonchev–Trinajstić information content (AvgIpc) is 2.74. The minimum atomic E-state index is -3.79. The first kappa shape index (κ1) is 8.78. The van der Waals surface area contributed by atoms with Gasteiger partial charge in [0.15, 0.2) is 16.8 Å². The number of ether oxygens (including phenoxy) is 1. The number of methoxy groups -OCH3 is 1. The van der Waals surface area contributed by atoms with E-state index in [0.717, 1.165) is 0 Å². The Labute approximate surface area is 84.9 Å². The van der Waals surface area contributed by atoms with Gasteiger partial charge in [-0.2, -0.15) is 8.42 Å². The molecule has 1 aromatic heterocycles. The number of rotatable bonds is 1. The fraction of sp³-hybridized carbons (Fsp3) is 0.375. The first-order valence-electron chi connectivity index (χ1n) is 4.19. The Hall–Kier alpha value is -1.50. The Balaban J connectivity index is 2.18. The predicted octanol–water partition coefficient (Wildman–Crippen LogP) is 0.313. The van der Waals surface area contributed by atoms with Crippen molar-refractivity contribution in [1.29, 1.82) is 0 Å². The SMILES string of the molecule is COC(=O)C1c2cc3c(o2)C1S(=O)(=O)O3. The number of carbonyl (C=O) groups is 1. The van der Waals surface area contributed by atoms with Crippen LogP contribution in [0.4, 0.5) is 0 Å². The van der Waals surface area contributed by atoms with E-state index in [2.05, 4.69) is 4.74 Å². The Bertz CT molecular complexity index is 550. The van der Waals surface area contributed by atoms with Gasteiger partial charge in [-0.3, -0.25) is 4.79 Å². The highest BCUT2D eigenvalue weighted by atomic mass is 32.2. The molecular weight excluding hydrogens is 224 g/mol. The van der Waals surface area contributed by atoms with Gasteiger partial charge < -0.3 is 13.3 Å². The molecule has 3 rings (SSSR count). The van der Waals surface area contributed by atoms with Crippen LogP contribution in [-0.4, -0.2) is 21.5 Å². The van der Waals surface area contributed by atoms with Gasteiger partial charge in [-0.1, -0.05) is 0 Å². The van der Waals surface area contributed by atoms with Crippen LogP contribution in [-0.2, 0) is 19.6 Å². The Morgan fingerprint density at radius 2 is 2.27 bits per heavy atom. The number of fused-ring (bicyclic) bond motifs is 1. The van der Waals surface area contributed by atoms with E-state index >= 15 is 0 Å². The van der Waals surface area contributed by atoms with Crippen LogP contribution in [0, 0.1) is 0 Å². The van der Waals surface area contributed by atoms with Crippen molar-refractivity contribution in [3.63, 3.8) is 0 Å². The van der Waals surface area contributed by atoms with Crippen LogP contribution in [0.2, 0.25) is 0 Å². The van der Waals surface area contributed by atoms with Gasteiger partial charge in [-0.25, -0.2) is 0 Å². The molecule has 3 heterocycles. The third-order valence-electron chi connectivity index (χ3n) is 2.58. The molecule has 2 bridgehead atoms. The van der Waals surface area contributed by atoms with Crippen molar-refractivity contribution in [2.75, 3.05) is 7.11 Å². The molecule has 0 spiro atoms. The van der Waals surface area contributed by atoms with Gasteiger partial charge in [0.25, 0.3) is 0 Å². The van der Waals surface area contributed by atoms with E-state index in [-0.39, 0.29) is 17.3 Å². The molecule has 2 aliphatic rings. The fourth-order valence-electron chi connectivity index (χ4n) is 1.97. The third-order valence-corrected chi connectivity index (χ3v) is 4.10. The number of hydrogen-bond donors (Lipinski definition) is 0. The maximum atomic E-state index is 11.5. The molecule has 0 radical (unpaired) electrons. The summed E-state index contributed by atoms with van der Waals surface area (Å²) >= 11 is 0. The van der Waals surface area contributed by atoms with E-state index < -0.39 is 27.3 Å². The second-order valence-corrected chi connectivity index (χ2v) is 5.03. The molecule has 0 saturated heterocycles. The lowest BCUT2D eigenvalue weighted by Crippen LogP contribution is -2.22. The summed E-state index contributed by atoms with van der Waals surface area (Å²) in [5.41, 5.74) is 0. The van der Waals surface area contributed by atoms with Crippen LogP contribution in [0.25, 0.3) is 0 Å². The molecule has 0 N–H and O–H groups in total. The molecule has 1 aromatic rings. The Morgan fingerprint density at radius 1 is 1.53 bits per heavy atom. The smallest absolute Gasteiger partial charge is 0.321 e. The maximum absolute atomic E-state index is 11.5. The summed E-state index contributed by atoms with van der Waals surface area (Å²) in [4.78, 5) is 11.4. The zero-order valence-electron chi connectivity index (χ0n) is 7.59. The second kappa shape index (κ2) is 2.35. The highest BCUT2D eigenvalue weighted by Crippen LogP contribution is 2.56. The van der Waals surface area contributed by atoms with Gasteiger partial charge in [-0.15, -0.1) is 0 Å². The number of hydrogen-bond acceptors (Lipinski definition) is 6. The van der Waals surface area contributed by atoms with Gasteiger partial charge in [0, 0.05) is 6.07 Å². The molecule has 0 fully saturated rings. The molecule has 7 heteroatoms. The normalized spacial score (nSPS) is 28.9. The minimum absolute atomic E-state index is 0.190. The summed E-state index contributed by atoms with van der Waals surface area (Å²) < 4.78 is 37.4. The number of esters is 1. The van der Waals surface area contributed by atoms with Gasteiger partial charge in [0.2, 0.25) is 0 Å². The largest absolute Gasteiger partial charge is 0.468 e. The van der Waals surface area contributed by atoms with E-state index in [1.807, 2.05) is 0 Å². The fourth-order valence-corrected chi connectivity index (χ4v) is 3.45. The van der Waals surface area contributed by atoms with Crippen molar-refractivity contribution in [2.45, 2.75) is 11.2 Å². The topological polar surface area (TPSA) is 82.8 Å². The van der Waals surface area contributed by atoms with Crippen molar-refractivity contribution in [3.05, 3.63) is 17.6 Å². The highest BCUT2D eigenvalue weighted by Gasteiger charge is 2.57. The third kappa shape index (κ3) is 0.883. The van der Waals surface area contributed by atoms with E-state index in [4.69, 9.17) is 8.60 Å². The molecule has 2 unspecified atom stereocenters. The van der Waals surface area contributed by atoms with E-state index in [0.29, 0.717) is 0 Å². The summed E-state index contributed by atoms with van der Waals surface area (Å²) in [5.74, 6) is -0.857. The van der Waals surface area contributed by atoms with Crippen LogP contribution < -0.4 is 4.18 Å². The minimum Gasteiger partial charge on any atom is -0.468 e. The van der Waals surface area contributed by atoms with Crippen molar-refractivity contribution in [2.24, 2.45) is 0 Å². The number of carbonyl (C=O) groups excluding carboxylic acids is 1. The van der Waals surface area contributed by atoms with Gasteiger partial charge in [0.1, 0.15) is 11.7 Å². The van der Waals surface area contributed by atoms with Crippen molar-refractivity contribution in [3.8, 4) is 5.75 Å². The summed E-state index contributed by atoms with van der Waals surface area (Å²) in [6.07, 6.45) is 0. The van der Waals surface area contributed by atoms with Crippen LogP contribution in [0.1, 0.15) is 22.7 Å². The lowest BCUT2D eigenvalue weighted by atomic mass is 9.98. The molecule has 0 saturated carbocycles. The molecule has 2 aliphatic heterocycles. The molecule has 6 nitrogen and oxygen atoms in total. The van der Waals surface area contributed by atoms with Gasteiger partial charge >= 0.3 is 16.1 Å². The molecular formula is C8H6O6S. The monoisotopic (exact) mass is 230 g/mol.